The molecule has 12 heteroatoms. The van der Waals surface area contributed by atoms with Crippen molar-refractivity contribution in [1.82, 2.24) is 0 Å². The number of phenols is 1. The van der Waals surface area contributed by atoms with E-state index in [0.717, 1.165) is 12.1 Å². The molecule has 2 aromatic rings. The molecule has 0 aliphatic heterocycles. The van der Waals surface area contributed by atoms with Crippen LogP contribution in [0.1, 0.15) is 51.9 Å². The number of aliphatic hydroxyl groups is 2. The molecule has 2 aromatic carbocycles. The third-order valence-electron chi connectivity index (χ3n) is 8.58. The summed E-state index contributed by atoms with van der Waals surface area (Å²) < 4.78 is 38.5. The zero-order valence-electron chi connectivity index (χ0n) is 21.4. The van der Waals surface area contributed by atoms with Gasteiger partial charge in [0.1, 0.15) is 5.75 Å². The molecule has 214 valence electrons. The van der Waals surface area contributed by atoms with Gasteiger partial charge in [-0.3, -0.25) is 24.0 Å². The maximum Gasteiger partial charge on any atom is 0.416 e. The van der Waals surface area contributed by atoms with Crippen LogP contribution >= 0.6 is 0 Å². The Labute approximate surface area is 230 Å². The third kappa shape index (κ3) is 4.12. The summed E-state index contributed by atoms with van der Waals surface area (Å²) in [7, 11) is 0. The number of aromatic hydroxyl groups is 1. The van der Waals surface area contributed by atoms with Crippen molar-refractivity contribution in [3.05, 3.63) is 64.2 Å². The Morgan fingerprint density at radius 3 is 2.24 bits per heavy atom. The number of rotatable bonds is 3. The number of primary amides is 1. The van der Waals surface area contributed by atoms with Crippen molar-refractivity contribution in [2.24, 2.45) is 29.4 Å². The Kier molecular flexibility index (Phi) is 6.54. The summed E-state index contributed by atoms with van der Waals surface area (Å²) in [4.78, 5) is 64.8. The van der Waals surface area contributed by atoms with Crippen molar-refractivity contribution >= 4 is 41.2 Å². The molecular weight excluding hydrogens is 547 g/mol. The molecule has 9 nitrogen and oxygen atoms in total. The molecule has 0 aromatic heterocycles. The Morgan fingerprint density at radius 1 is 1.02 bits per heavy atom. The van der Waals surface area contributed by atoms with Gasteiger partial charge in [-0.25, -0.2) is 0 Å². The highest BCUT2D eigenvalue weighted by Gasteiger charge is 2.69. The van der Waals surface area contributed by atoms with Gasteiger partial charge in [0.05, 0.1) is 23.1 Å². The summed E-state index contributed by atoms with van der Waals surface area (Å²) in [5.74, 6) is -14.0. The topological polar surface area (TPSA) is 172 Å². The van der Waals surface area contributed by atoms with Crippen LogP contribution in [0.4, 0.5) is 13.2 Å². The first-order valence-corrected chi connectivity index (χ1v) is 12.7. The number of Topliss-reactive ketones (excluding diaryl/α,β-unsaturated/α-hetero) is 4. The highest BCUT2D eigenvalue weighted by molar-refractivity contribution is 6.31. The first-order chi connectivity index (χ1) is 19.1. The molecule has 1 amide bonds. The van der Waals surface area contributed by atoms with E-state index in [9.17, 15) is 52.5 Å². The first-order valence-electron chi connectivity index (χ1n) is 12.7. The quantitative estimate of drug-likeness (QED) is 0.320. The number of amides is 1. The molecule has 2 unspecified atom stereocenters. The van der Waals surface area contributed by atoms with Crippen LogP contribution in [0.5, 0.6) is 5.75 Å². The number of ketones is 4. The van der Waals surface area contributed by atoms with Gasteiger partial charge in [0, 0.05) is 23.8 Å². The number of fused-ring (bicyclic) bond motifs is 3. The number of carbonyl (C=O) groups excluding carboxylic acids is 5. The van der Waals surface area contributed by atoms with Gasteiger partial charge in [0.2, 0.25) is 5.91 Å². The number of aliphatic hydroxyl groups excluding tert-OH is 1. The zero-order chi connectivity index (χ0) is 30.2. The smallest absolute Gasteiger partial charge is 0.416 e. The minimum Gasteiger partial charge on any atom is -0.507 e. The molecule has 3 aliphatic carbocycles. The maximum absolute atomic E-state index is 13.7. The van der Waals surface area contributed by atoms with Gasteiger partial charge in [-0.05, 0) is 29.2 Å². The maximum atomic E-state index is 13.7. The third-order valence-corrected chi connectivity index (χ3v) is 8.58. The number of carbonyl (C=O) groups is 5. The Morgan fingerprint density at radius 2 is 1.66 bits per heavy atom. The van der Waals surface area contributed by atoms with Crippen LogP contribution in [0, 0.1) is 23.7 Å². The fraction of sp³-hybridized carbons (Fsp3) is 0.345. The van der Waals surface area contributed by atoms with Crippen LogP contribution in [0.15, 0.2) is 36.4 Å². The fourth-order valence-electron chi connectivity index (χ4n) is 6.47. The van der Waals surface area contributed by atoms with E-state index in [2.05, 4.69) is 0 Å². The van der Waals surface area contributed by atoms with E-state index in [0.29, 0.717) is 5.56 Å². The van der Waals surface area contributed by atoms with E-state index >= 15 is 0 Å². The molecule has 0 heterocycles. The average Bonchev–Trinajstić information content (AvgIpc) is 2.90. The summed E-state index contributed by atoms with van der Waals surface area (Å²) in [6.07, 6.45) is -4.09. The van der Waals surface area contributed by atoms with Gasteiger partial charge >= 0.3 is 6.18 Å². The van der Waals surface area contributed by atoms with Crippen molar-refractivity contribution in [3.63, 3.8) is 0 Å². The van der Waals surface area contributed by atoms with Gasteiger partial charge in [-0.15, -0.1) is 0 Å². The summed E-state index contributed by atoms with van der Waals surface area (Å²) in [5.41, 5.74) is 1.77. The molecule has 2 saturated carbocycles. The van der Waals surface area contributed by atoms with Crippen molar-refractivity contribution in [3.8, 4) is 5.75 Å². The van der Waals surface area contributed by atoms with Crippen molar-refractivity contribution in [2.75, 3.05) is 0 Å². The van der Waals surface area contributed by atoms with Gasteiger partial charge in [0.25, 0.3) is 0 Å². The van der Waals surface area contributed by atoms with Gasteiger partial charge < -0.3 is 21.1 Å². The summed E-state index contributed by atoms with van der Waals surface area (Å²) in [6.45, 7) is 1.58. The van der Waals surface area contributed by atoms with E-state index in [1.807, 2.05) is 0 Å². The van der Waals surface area contributed by atoms with E-state index < -0.39 is 94.2 Å². The summed E-state index contributed by atoms with van der Waals surface area (Å²) >= 11 is 0. The molecule has 0 saturated heterocycles. The van der Waals surface area contributed by atoms with Crippen LogP contribution in [-0.2, 0) is 25.4 Å². The zero-order valence-corrected chi connectivity index (χ0v) is 21.4. The largest absolute Gasteiger partial charge is 0.507 e. The van der Waals surface area contributed by atoms with Gasteiger partial charge in [0.15, 0.2) is 34.7 Å². The number of hydrogen-bond acceptors (Lipinski definition) is 8. The molecule has 41 heavy (non-hydrogen) atoms. The predicted molar refractivity (Wildman–Crippen MR) is 135 cm³/mol. The lowest BCUT2D eigenvalue weighted by atomic mass is 9.50. The number of hydrogen-bond donors (Lipinski definition) is 4. The minimum absolute atomic E-state index is 0.0937. The van der Waals surface area contributed by atoms with E-state index in [-0.39, 0.29) is 16.7 Å². The SMILES string of the molecule is C[C@H]1c2ccc(C=Cc3ccc(C(F)(F)F)cc3)c(O)c2C(=O)C2C(=O)[C@]3(O)C(=O)C(C(N)=O)C(=O)C[C@@H]3[C@@H](O)[C@@H]21. The predicted octanol–water partition coefficient (Wildman–Crippen LogP) is 2.05. The Bertz CT molecular complexity index is 1550. The van der Waals surface area contributed by atoms with Crippen LogP contribution < -0.4 is 5.73 Å². The van der Waals surface area contributed by atoms with E-state index in [1.165, 1.54) is 36.4 Å². The normalized spacial score (nSPS) is 31.6. The molecule has 0 spiro atoms. The number of alkyl halides is 3. The molecular formula is C29H24F3NO8. The lowest BCUT2D eigenvalue weighted by Crippen LogP contribution is -2.72. The van der Waals surface area contributed by atoms with Crippen LogP contribution in [0.25, 0.3) is 12.2 Å². The second-order valence-corrected chi connectivity index (χ2v) is 10.7. The lowest BCUT2D eigenvalue weighted by Gasteiger charge is -2.52. The van der Waals surface area contributed by atoms with Crippen LogP contribution in [0.3, 0.4) is 0 Å². The first kappa shape index (κ1) is 28.4. The lowest BCUT2D eigenvalue weighted by molar-refractivity contribution is -0.189. The Balaban J connectivity index is 1.54. The van der Waals surface area contributed by atoms with Crippen molar-refractivity contribution in [1.29, 1.82) is 0 Å². The van der Waals surface area contributed by atoms with Crippen LogP contribution in [0.2, 0.25) is 0 Å². The molecule has 0 bridgehead atoms. The molecule has 3 aliphatic rings. The number of nitrogens with two attached hydrogens (primary N) is 1. The summed E-state index contributed by atoms with van der Waals surface area (Å²) in [5, 5.41) is 33.6. The summed E-state index contributed by atoms with van der Waals surface area (Å²) in [6, 6.07) is 7.17. The fourth-order valence-corrected chi connectivity index (χ4v) is 6.47. The molecule has 0 radical (unpaired) electrons. The van der Waals surface area contributed by atoms with Crippen molar-refractivity contribution in [2.45, 2.75) is 37.1 Å². The number of benzene rings is 2. The number of halogens is 3. The minimum atomic E-state index is -4.51. The highest BCUT2D eigenvalue weighted by Crippen LogP contribution is 2.54. The second kappa shape index (κ2) is 9.45. The monoisotopic (exact) mass is 571 g/mol. The van der Waals surface area contributed by atoms with Crippen molar-refractivity contribution < 1.29 is 52.5 Å². The second-order valence-electron chi connectivity index (χ2n) is 10.7. The molecule has 7 atom stereocenters. The average molecular weight is 572 g/mol. The highest BCUT2D eigenvalue weighted by atomic mass is 19.4. The van der Waals surface area contributed by atoms with E-state index in [4.69, 9.17) is 5.73 Å². The van der Waals surface area contributed by atoms with E-state index in [1.54, 1.807) is 6.92 Å². The molecule has 5 N–H and O–H groups in total. The standard InChI is InChI=1S/C29H24F3NO8/c1-11-15-9-6-13(5-2-12-3-7-14(8-4-12)29(30,31)32)22(35)19(15)24(37)21-18(11)23(36)16-10-17(34)20(27(33)40)25(38)28(16,41)26(21)39/h2-9,11,16,18,20-21,23,35-36,41H,10H2,1H3,(H2,33,40)/t11-,16+,18+,20?,21?,23+,28+/m0/s1. The van der Waals surface area contributed by atoms with Gasteiger partial charge in [-0.1, -0.05) is 43.3 Å². The Hall–Kier alpha value is -4.16. The molecule has 5 rings (SSSR count). The van der Waals surface area contributed by atoms with Crippen LogP contribution in [-0.4, -0.2) is 56.1 Å². The number of phenolic OH excluding ortho intramolecular Hbond substituents is 1. The molecule has 2 fully saturated rings. The van der Waals surface area contributed by atoms with Gasteiger partial charge in [-0.2, -0.15) is 13.2 Å².